The molecule has 0 saturated carbocycles. The van der Waals surface area contributed by atoms with Gasteiger partial charge in [-0.25, -0.2) is 4.98 Å². The third-order valence-electron chi connectivity index (χ3n) is 3.08. The molecule has 0 spiro atoms. The molecule has 19 heavy (non-hydrogen) atoms. The number of carbonyl (C=O) groups is 1. The lowest BCUT2D eigenvalue weighted by Gasteiger charge is -2.06. The van der Waals surface area contributed by atoms with Gasteiger partial charge in [0.05, 0.1) is 11.9 Å². The van der Waals surface area contributed by atoms with Gasteiger partial charge in [0, 0.05) is 18.7 Å². The van der Waals surface area contributed by atoms with E-state index in [2.05, 4.69) is 31.5 Å². The number of rotatable bonds is 2. The Labute approximate surface area is 119 Å². The highest BCUT2D eigenvalue weighted by Crippen LogP contribution is 2.18. The maximum Gasteiger partial charge on any atom is 0.255 e. The summed E-state index contributed by atoms with van der Waals surface area (Å²) in [7, 11) is 0. The van der Waals surface area contributed by atoms with Gasteiger partial charge in [-0.2, -0.15) is 0 Å². The Morgan fingerprint density at radius 3 is 2.84 bits per heavy atom. The van der Waals surface area contributed by atoms with Gasteiger partial charge in [0.2, 0.25) is 0 Å². The molecule has 2 aromatic rings. The summed E-state index contributed by atoms with van der Waals surface area (Å²) in [6.45, 7) is 1.71. The van der Waals surface area contributed by atoms with Gasteiger partial charge in [-0.05, 0) is 51.3 Å². The molecule has 0 atom stereocenters. The van der Waals surface area contributed by atoms with Crippen molar-refractivity contribution < 1.29 is 4.79 Å². The number of aromatic nitrogens is 1. The van der Waals surface area contributed by atoms with Crippen LogP contribution >= 0.6 is 15.9 Å². The van der Waals surface area contributed by atoms with Crippen molar-refractivity contribution in [3.8, 4) is 0 Å². The summed E-state index contributed by atoms with van der Waals surface area (Å²) in [6, 6.07) is 9.40. The molecule has 1 aromatic heterocycles. The van der Waals surface area contributed by atoms with Crippen LogP contribution in [0.3, 0.4) is 0 Å². The second-order valence-electron chi connectivity index (χ2n) is 4.41. The van der Waals surface area contributed by atoms with E-state index in [0.717, 1.165) is 17.7 Å². The van der Waals surface area contributed by atoms with Crippen molar-refractivity contribution in [2.24, 2.45) is 0 Å². The third kappa shape index (κ3) is 2.67. The molecule has 0 unspecified atom stereocenters. The lowest BCUT2D eigenvalue weighted by Crippen LogP contribution is -2.12. The fourth-order valence-corrected chi connectivity index (χ4v) is 2.32. The van der Waals surface area contributed by atoms with Gasteiger partial charge in [0.1, 0.15) is 4.60 Å². The molecule has 1 aromatic carbocycles. The highest BCUT2D eigenvalue weighted by molar-refractivity contribution is 9.10. The summed E-state index contributed by atoms with van der Waals surface area (Å²) in [4.78, 5) is 16.2. The molecule has 1 aliphatic rings. The zero-order valence-electron chi connectivity index (χ0n) is 10.1. The third-order valence-corrected chi connectivity index (χ3v) is 3.55. The van der Waals surface area contributed by atoms with Crippen molar-refractivity contribution in [2.45, 2.75) is 13.1 Å². The second-order valence-corrected chi connectivity index (χ2v) is 5.22. The lowest BCUT2D eigenvalue weighted by molar-refractivity contribution is 0.102. The highest BCUT2D eigenvalue weighted by atomic mass is 79.9. The Morgan fingerprint density at radius 1 is 1.21 bits per heavy atom. The van der Waals surface area contributed by atoms with E-state index in [1.807, 2.05) is 24.3 Å². The maximum absolute atomic E-state index is 12.1. The van der Waals surface area contributed by atoms with E-state index in [1.54, 1.807) is 12.3 Å². The Morgan fingerprint density at radius 2 is 2.05 bits per heavy atom. The van der Waals surface area contributed by atoms with E-state index in [4.69, 9.17) is 0 Å². The molecule has 96 valence electrons. The summed E-state index contributed by atoms with van der Waals surface area (Å²) in [5.74, 6) is -0.112. The Hall–Kier alpha value is -1.72. The monoisotopic (exact) mass is 317 g/mol. The Balaban J connectivity index is 1.78. The van der Waals surface area contributed by atoms with Crippen LogP contribution in [0.4, 0.5) is 5.69 Å². The first-order valence-electron chi connectivity index (χ1n) is 5.98. The maximum atomic E-state index is 12.1. The van der Waals surface area contributed by atoms with Gasteiger partial charge in [0.15, 0.2) is 0 Å². The molecule has 3 rings (SSSR count). The smallest absolute Gasteiger partial charge is 0.255 e. The van der Waals surface area contributed by atoms with Gasteiger partial charge < -0.3 is 10.6 Å². The van der Waals surface area contributed by atoms with Crippen LogP contribution in [0.5, 0.6) is 0 Å². The zero-order chi connectivity index (χ0) is 13.2. The van der Waals surface area contributed by atoms with Crippen LogP contribution in [0.1, 0.15) is 21.5 Å². The van der Waals surface area contributed by atoms with Gasteiger partial charge in [0.25, 0.3) is 5.91 Å². The van der Waals surface area contributed by atoms with Crippen LogP contribution in [0, 0.1) is 0 Å². The topological polar surface area (TPSA) is 54.0 Å². The molecular weight excluding hydrogens is 306 g/mol. The molecule has 2 N–H and O–H groups in total. The van der Waals surface area contributed by atoms with Crippen molar-refractivity contribution in [3.05, 3.63) is 57.8 Å². The van der Waals surface area contributed by atoms with Gasteiger partial charge in [-0.1, -0.05) is 6.07 Å². The molecule has 0 bridgehead atoms. The summed E-state index contributed by atoms with van der Waals surface area (Å²) in [6.07, 6.45) is 1.62. The molecule has 0 aliphatic carbocycles. The van der Waals surface area contributed by atoms with Crippen LogP contribution < -0.4 is 10.6 Å². The quantitative estimate of drug-likeness (QED) is 0.837. The van der Waals surface area contributed by atoms with Gasteiger partial charge in [-0.15, -0.1) is 0 Å². The normalized spacial score (nSPS) is 13.1. The highest BCUT2D eigenvalue weighted by Gasteiger charge is 2.13. The molecular formula is C14H12BrN3O. The first-order valence-corrected chi connectivity index (χ1v) is 6.77. The number of fused-ring (bicyclic) bond motifs is 1. The fraction of sp³-hybridized carbons (Fsp3) is 0.143. The van der Waals surface area contributed by atoms with Gasteiger partial charge in [-0.3, -0.25) is 4.79 Å². The Kier molecular flexibility index (Phi) is 3.31. The molecule has 1 amide bonds. The molecule has 4 nitrogen and oxygen atoms in total. The van der Waals surface area contributed by atoms with Crippen LogP contribution in [0.2, 0.25) is 0 Å². The lowest BCUT2D eigenvalue weighted by atomic mass is 10.1. The molecule has 1 aliphatic heterocycles. The largest absolute Gasteiger partial charge is 0.321 e. The molecule has 0 radical (unpaired) electrons. The molecule has 2 heterocycles. The van der Waals surface area contributed by atoms with Crippen LogP contribution in [-0.4, -0.2) is 10.9 Å². The standard InChI is InChI=1S/C14H12BrN3O/c15-13-4-3-12(8-17-13)18-14(19)9-1-2-10-6-16-7-11(10)5-9/h1-5,8,16H,6-7H2,(H,18,19). The molecule has 5 heteroatoms. The van der Waals surface area contributed by atoms with Crippen molar-refractivity contribution in [1.29, 1.82) is 0 Å². The number of carbonyl (C=O) groups excluding carboxylic acids is 1. The first kappa shape index (κ1) is 12.3. The van der Waals surface area contributed by atoms with E-state index >= 15 is 0 Å². The second kappa shape index (κ2) is 5.11. The van der Waals surface area contributed by atoms with Gasteiger partial charge >= 0.3 is 0 Å². The van der Waals surface area contributed by atoms with E-state index in [0.29, 0.717) is 11.3 Å². The summed E-state index contributed by atoms with van der Waals surface area (Å²) >= 11 is 3.26. The zero-order valence-corrected chi connectivity index (χ0v) is 11.7. The van der Waals surface area contributed by atoms with Crippen LogP contribution in [0.25, 0.3) is 0 Å². The van der Waals surface area contributed by atoms with Crippen molar-refractivity contribution in [1.82, 2.24) is 10.3 Å². The first-order chi connectivity index (χ1) is 9.22. The number of hydrogen-bond acceptors (Lipinski definition) is 3. The van der Waals surface area contributed by atoms with Crippen molar-refractivity contribution in [3.63, 3.8) is 0 Å². The van der Waals surface area contributed by atoms with E-state index in [1.165, 1.54) is 11.1 Å². The van der Waals surface area contributed by atoms with Crippen LogP contribution in [0.15, 0.2) is 41.1 Å². The van der Waals surface area contributed by atoms with Crippen LogP contribution in [-0.2, 0) is 13.1 Å². The number of benzene rings is 1. The number of anilines is 1. The minimum atomic E-state index is -0.112. The average molecular weight is 318 g/mol. The van der Waals surface area contributed by atoms with E-state index in [9.17, 15) is 4.79 Å². The van der Waals surface area contributed by atoms with Crippen molar-refractivity contribution in [2.75, 3.05) is 5.32 Å². The van der Waals surface area contributed by atoms with Crippen molar-refractivity contribution >= 4 is 27.5 Å². The number of nitrogens with zero attached hydrogens (tertiary/aromatic N) is 1. The average Bonchev–Trinajstić information content (AvgIpc) is 2.88. The number of amides is 1. The minimum Gasteiger partial charge on any atom is -0.321 e. The molecule has 0 saturated heterocycles. The predicted octanol–water partition coefficient (Wildman–Crippen LogP) is 2.70. The summed E-state index contributed by atoms with van der Waals surface area (Å²) in [5, 5.41) is 6.10. The summed E-state index contributed by atoms with van der Waals surface area (Å²) < 4.78 is 0.745. The number of halogens is 1. The van der Waals surface area contributed by atoms with E-state index < -0.39 is 0 Å². The minimum absolute atomic E-state index is 0.112. The van der Waals surface area contributed by atoms with E-state index in [-0.39, 0.29) is 5.91 Å². The Bertz CT molecular complexity index is 625. The molecule has 0 fully saturated rings. The SMILES string of the molecule is O=C(Nc1ccc(Br)nc1)c1ccc2c(c1)CNC2. The summed E-state index contributed by atoms with van der Waals surface area (Å²) in [5.41, 5.74) is 3.82. The number of hydrogen-bond donors (Lipinski definition) is 2. The predicted molar refractivity (Wildman–Crippen MR) is 76.9 cm³/mol. The fourth-order valence-electron chi connectivity index (χ4n) is 2.09. The number of pyridine rings is 1. The number of nitrogens with one attached hydrogen (secondary N) is 2.